The number of carbonyl (C=O) groups is 2. The van der Waals surface area contributed by atoms with Crippen LogP contribution in [0.4, 0.5) is 4.39 Å². The molecule has 1 aromatic rings. The van der Waals surface area contributed by atoms with Gasteiger partial charge in [-0.15, -0.1) is 0 Å². The quantitative estimate of drug-likeness (QED) is 0.894. The van der Waals surface area contributed by atoms with E-state index in [4.69, 9.17) is 0 Å². The molecule has 0 aromatic heterocycles. The van der Waals surface area contributed by atoms with Crippen LogP contribution in [0.15, 0.2) is 30.3 Å². The summed E-state index contributed by atoms with van der Waals surface area (Å²) in [6.07, 6.45) is 0.572. The van der Waals surface area contributed by atoms with E-state index >= 15 is 0 Å². The molecule has 0 aliphatic carbocycles. The maximum absolute atomic E-state index is 12.4. The van der Waals surface area contributed by atoms with Gasteiger partial charge in [0.25, 0.3) is 0 Å². The summed E-state index contributed by atoms with van der Waals surface area (Å²) in [5, 5.41) is 2.73. The van der Waals surface area contributed by atoms with Crippen molar-refractivity contribution in [3.05, 3.63) is 35.9 Å². The van der Waals surface area contributed by atoms with E-state index in [2.05, 4.69) is 5.32 Å². The Kier molecular flexibility index (Phi) is 4.49. The van der Waals surface area contributed by atoms with Crippen molar-refractivity contribution in [3.63, 3.8) is 0 Å². The second kappa shape index (κ2) is 6.31. The molecule has 1 aromatic carbocycles. The molecular formula is C14H17FN2O2. The zero-order chi connectivity index (χ0) is 13.7. The van der Waals surface area contributed by atoms with E-state index in [1.165, 1.54) is 0 Å². The first-order valence-corrected chi connectivity index (χ1v) is 6.41. The van der Waals surface area contributed by atoms with E-state index in [1.54, 1.807) is 4.90 Å². The molecule has 19 heavy (non-hydrogen) atoms. The van der Waals surface area contributed by atoms with Crippen LogP contribution in [0.2, 0.25) is 0 Å². The lowest BCUT2D eigenvalue weighted by atomic mass is 10.1. The number of nitrogens with one attached hydrogen (secondary N) is 1. The van der Waals surface area contributed by atoms with E-state index in [0.717, 1.165) is 5.56 Å². The predicted octanol–water partition coefficient (Wildman–Crippen LogP) is 1.44. The number of rotatable bonds is 4. The Morgan fingerprint density at radius 2 is 2.00 bits per heavy atom. The molecule has 2 amide bonds. The van der Waals surface area contributed by atoms with E-state index in [-0.39, 0.29) is 18.2 Å². The monoisotopic (exact) mass is 264 g/mol. The largest absolute Gasteiger partial charge is 0.340 e. The molecule has 0 spiro atoms. The third-order valence-corrected chi connectivity index (χ3v) is 3.17. The van der Waals surface area contributed by atoms with Gasteiger partial charge in [0.2, 0.25) is 11.8 Å². The van der Waals surface area contributed by atoms with Gasteiger partial charge < -0.3 is 10.2 Å². The SMILES string of the molecule is O=C1CCN(CCCF)C(=O)C(c2ccccc2)N1. The van der Waals surface area contributed by atoms with Crippen LogP contribution in [-0.4, -0.2) is 36.5 Å². The molecule has 1 heterocycles. The second-order valence-electron chi connectivity index (χ2n) is 4.53. The Balaban J connectivity index is 2.20. The molecule has 0 bridgehead atoms. The highest BCUT2D eigenvalue weighted by Crippen LogP contribution is 2.19. The Morgan fingerprint density at radius 1 is 1.26 bits per heavy atom. The van der Waals surface area contributed by atoms with Crippen molar-refractivity contribution in [2.24, 2.45) is 0 Å². The second-order valence-corrected chi connectivity index (χ2v) is 4.53. The molecular weight excluding hydrogens is 247 g/mol. The molecule has 0 saturated carbocycles. The first kappa shape index (κ1) is 13.5. The van der Waals surface area contributed by atoms with Crippen LogP contribution in [0.1, 0.15) is 24.4 Å². The lowest BCUT2D eigenvalue weighted by Crippen LogP contribution is -2.39. The number of halogens is 1. The highest BCUT2D eigenvalue weighted by molar-refractivity contribution is 5.90. The minimum atomic E-state index is -0.657. The number of hydrogen-bond acceptors (Lipinski definition) is 2. The number of nitrogens with zero attached hydrogens (tertiary/aromatic N) is 1. The summed E-state index contributed by atoms with van der Waals surface area (Å²) in [4.78, 5) is 25.6. The first-order chi connectivity index (χ1) is 9.22. The smallest absolute Gasteiger partial charge is 0.249 e. The number of carbonyl (C=O) groups excluding carboxylic acids is 2. The van der Waals surface area contributed by atoms with Crippen LogP contribution >= 0.6 is 0 Å². The average molecular weight is 264 g/mol. The summed E-state index contributed by atoms with van der Waals surface area (Å²) >= 11 is 0. The average Bonchev–Trinajstić information content (AvgIpc) is 2.58. The van der Waals surface area contributed by atoms with Gasteiger partial charge >= 0.3 is 0 Å². The minimum Gasteiger partial charge on any atom is -0.340 e. The Hall–Kier alpha value is -1.91. The van der Waals surface area contributed by atoms with Gasteiger partial charge in [0.05, 0.1) is 6.67 Å². The normalized spacial score (nSPS) is 20.1. The lowest BCUT2D eigenvalue weighted by Gasteiger charge is -2.23. The Morgan fingerprint density at radius 3 is 2.68 bits per heavy atom. The van der Waals surface area contributed by atoms with Gasteiger partial charge in [0, 0.05) is 19.5 Å². The number of hydrogen-bond donors (Lipinski definition) is 1. The van der Waals surface area contributed by atoms with Crippen LogP contribution in [0, 0.1) is 0 Å². The molecule has 1 aliphatic rings. The highest BCUT2D eigenvalue weighted by atomic mass is 19.1. The zero-order valence-corrected chi connectivity index (χ0v) is 10.6. The third-order valence-electron chi connectivity index (χ3n) is 3.17. The number of alkyl halides is 1. The Bertz CT molecular complexity index is 450. The van der Waals surface area contributed by atoms with E-state index < -0.39 is 12.7 Å². The van der Waals surface area contributed by atoms with Crippen LogP contribution in [0.5, 0.6) is 0 Å². The van der Waals surface area contributed by atoms with Crippen molar-refractivity contribution in [3.8, 4) is 0 Å². The molecule has 1 aliphatic heterocycles. The summed E-state index contributed by atoms with van der Waals surface area (Å²) in [6, 6.07) is 8.46. The van der Waals surface area contributed by atoms with E-state index in [9.17, 15) is 14.0 Å². The summed E-state index contributed by atoms with van der Waals surface area (Å²) in [6.45, 7) is 0.253. The van der Waals surface area contributed by atoms with Crippen LogP contribution in [0.3, 0.4) is 0 Å². The van der Waals surface area contributed by atoms with E-state index in [0.29, 0.717) is 19.5 Å². The van der Waals surface area contributed by atoms with Crippen LogP contribution in [0.25, 0.3) is 0 Å². The predicted molar refractivity (Wildman–Crippen MR) is 69.1 cm³/mol. The molecule has 1 unspecified atom stereocenters. The van der Waals surface area contributed by atoms with Gasteiger partial charge in [0.15, 0.2) is 0 Å². The molecule has 1 atom stereocenters. The fourth-order valence-electron chi connectivity index (χ4n) is 2.17. The summed E-state index contributed by atoms with van der Waals surface area (Å²) < 4.78 is 12.3. The van der Waals surface area contributed by atoms with Gasteiger partial charge in [-0.3, -0.25) is 14.0 Å². The molecule has 4 nitrogen and oxygen atoms in total. The van der Waals surface area contributed by atoms with Crippen molar-refractivity contribution in [2.45, 2.75) is 18.9 Å². The van der Waals surface area contributed by atoms with Gasteiger partial charge in [0.1, 0.15) is 6.04 Å². The summed E-state index contributed by atoms with van der Waals surface area (Å²) in [5.41, 5.74) is 0.757. The fourth-order valence-corrected chi connectivity index (χ4v) is 2.17. The van der Waals surface area contributed by atoms with Crippen LogP contribution < -0.4 is 5.32 Å². The van der Waals surface area contributed by atoms with Crippen molar-refractivity contribution in [2.75, 3.05) is 19.8 Å². The lowest BCUT2D eigenvalue weighted by molar-refractivity contribution is -0.133. The van der Waals surface area contributed by atoms with Crippen molar-refractivity contribution >= 4 is 11.8 Å². The van der Waals surface area contributed by atoms with Gasteiger partial charge in [-0.1, -0.05) is 30.3 Å². The fraction of sp³-hybridized carbons (Fsp3) is 0.429. The summed E-state index contributed by atoms with van der Waals surface area (Å²) in [7, 11) is 0. The van der Waals surface area contributed by atoms with Crippen LogP contribution in [-0.2, 0) is 9.59 Å². The maximum Gasteiger partial charge on any atom is 0.249 e. The summed E-state index contributed by atoms with van der Waals surface area (Å²) in [5.74, 6) is -0.310. The zero-order valence-electron chi connectivity index (χ0n) is 10.6. The van der Waals surface area contributed by atoms with Gasteiger partial charge in [-0.05, 0) is 12.0 Å². The topological polar surface area (TPSA) is 49.4 Å². The molecule has 0 radical (unpaired) electrons. The molecule has 2 rings (SSSR count). The third kappa shape index (κ3) is 3.30. The number of benzene rings is 1. The highest BCUT2D eigenvalue weighted by Gasteiger charge is 2.30. The minimum absolute atomic E-state index is 0.148. The van der Waals surface area contributed by atoms with Gasteiger partial charge in [-0.2, -0.15) is 0 Å². The standard InChI is InChI=1S/C14H17FN2O2/c15-8-4-9-17-10-7-12(18)16-13(14(17)19)11-5-2-1-3-6-11/h1-3,5-6,13H,4,7-10H2,(H,16,18). The molecule has 102 valence electrons. The van der Waals surface area contributed by atoms with E-state index in [1.807, 2.05) is 30.3 Å². The maximum atomic E-state index is 12.4. The van der Waals surface area contributed by atoms with Crippen molar-refractivity contribution in [1.82, 2.24) is 10.2 Å². The number of amides is 2. The molecule has 1 N–H and O–H groups in total. The van der Waals surface area contributed by atoms with Crippen molar-refractivity contribution in [1.29, 1.82) is 0 Å². The van der Waals surface area contributed by atoms with Crippen molar-refractivity contribution < 1.29 is 14.0 Å². The Labute approximate surface area is 111 Å². The first-order valence-electron chi connectivity index (χ1n) is 6.41. The molecule has 1 saturated heterocycles. The molecule has 5 heteroatoms. The molecule has 1 fully saturated rings. The van der Waals surface area contributed by atoms with Gasteiger partial charge in [-0.25, -0.2) is 0 Å².